The summed E-state index contributed by atoms with van der Waals surface area (Å²) < 4.78 is 11.9. The van der Waals surface area contributed by atoms with Crippen LogP contribution in [0.3, 0.4) is 0 Å². The third-order valence-electron chi connectivity index (χ3n) is 4.31. The average Bonchev–Trinajstić information content (AvgIpc) is 3.16. The largest absolute Gasteiger partial charge is 0.454 e. The van der Waals surface area contributed by atoms with Crippen molar-refractivity contribution in [3.63, 3.8) is 0 Å². The van der Waals surface area contributed by atoms with Crippen molar-refractivity contribution in [2.45, 2.75) is 19.9 Å². The SMILES string of the molecule is CC(C)n1nc(C(=O)N/N=C/c2ccc3c(c2)OCO3)c2ccccc2c1=O. The predicted octanol–water partition coefficient (Wildman–Crippen LogP) is 2.47. The van der Waals surface area contributed by atoms with E-state index in [0.29, 0.717) is 22.3 Å². The van der Waals surface area contributed by atoms with Gasteiger partial charge in [-0.3, -0.25) is 9.59 Å². The van der Waals surface area contributed by atoms with Crippen LogP contribution in [0.4, 0.5) is 0 Å². The molecule has 4 rings (SSSR count). The van der Waals surface area contributed by atoms with Crippen LogP contribution in [0.15, 0.2) is 52.4 Å². The number of nitrogens with one attached hydrogen (secondary N) is 1. The van der Waals surface area contributed by atoms with Crippen LogP contribution in [0.1, 0.15) is 35.9 Å². The second kappa shape index (κ2) is 7.15. The van der Waals surface area contributed by atoms with Gasteiger partial charge in [0.15, 0.2) is 17.2 Å². The number of nitrogens with zero attached hydrogens (tertiary/aromatic N) is 3. The van der Waals surface area contributed by atoms with Crippen molar-refractivity contribution in [1.29, 1.82) is 0 Å². The summed E-state index contributed by atoms with van der Waals surface area (Å²) in [5, 5.41) is 9.18. The van der Waals surface area contributed by atoms with Crippen molar-refractivity contribution in [2.75, 3.05) is 6.79 Å². The zero-order chi connectivity index (χ0) is 19.7. The minimum atomic E-state index is -0.498. The zero-order valence-electron chi connectivity index (χ0n) is 15.4. The third kappa shape index (κ3) is 3.20. The molecule has 1 amide bonds. The molecule has 8 nitrogen and oxygen atoms in total. The van der Waals surface area contributed by atoms with Crippen LogP contribution in [-0.2, 0) is 0 Å². The van der Waals surface area contributed by atoms with Gasteiger partial charge in [-0.1, -0.05) is 18.2 Å². The highest BCUT2D eigenvalue weighted by Gasteiger charge is 2.17. The Morgan fingerprint density at radius 2 is 1.93 bits per heavy atom. The van der Waals surface area contributed by atoms with Gasteiger partial charge >= 0.3 is 0 Å². The smallest absolute Gasteiger partial charge is 0.292 e. The first-order valence-electron chi connectivity index (χ1n) is 8.79. The van der Waals surface area contributed by atoms with Crippen molar-refractivity contribution >= 4 is 22.9 Å². The number of aromatic nitrogens is 2. The molecule has 28 heavy (non-hydrogen) atoms. The fourth-order valence-corrected chi connectivity index (χ4v) is 2.94. The van der Waals surface area contributed by atoms with Crippen molar-refractivity contribution in [3.8, 4) is 11.5 Å². The van der Waals surface area contributed by atoms with E-state index in [4.69, 9.17) is 9.47 Å². The molecule has 0 fully saturated rings. The number of benzene rings is 2. The lowest BCUT2D eigenvalue weighted by Gasteiger charge is -2.12. The predicted molar refractivity (Wildman–Crippen MR) is 104 cm³/mol. The number of carbonyl (C=O) groups excluding carboxylic acids is 1. The van der Waals surface area contributed by atoms with E-state index in [0.717, 1.165) is 5.56 Å². The summed E-state index contributed by atoms with van der Waals surface area (Å²) in [6, 6.07) is 12.1. The van der Waals surface area contributed by atoms with E-state index in [-0.39, 0.29) is 24.1 Å². The fraction of sp³-hybridized carbons (Fsp3) is 0.200. The Balaban J connectivity index is 1.62. The van der Waals surface area contributed by atoms with E-state index in [1.165, 1.54) is 10.9 Å². The van der Waals surface area contributed by atoms with Crippen molar-refractivity contribution in [3.05, 3.63) is 64.1 Å². The van der Waals surface area contributed by atoms with Gasteiger partial charge in [-0.2, -0.15) is 10.2 Å². The standard InChI is InChI=1S/C20H18N4O4/c1-12(2)24-20(26)15-6-4-3-5-14(15)18(23-24)19(25)22-21-10-13-7-8-16-17(9-13)28-11-27-16/h3-10,12H,11H2,1-2H3,(H,22,25)/b21-10+. The summed E-state index contributed by atoms with van der Waals surface area (Å²) in [6.45, 7) is 3.86. The second-order valence-corrected chi connectivity index (χ2v) is 6.55. The highest BCUT2D eigenvalue weighted by molar-refractivity contribution is 6.05. The molecule has 0 saturated carbocycles. The molecule has 1 N–H and O–H groups in total. The normalized spacial score (nSPS) is 12.8. The minimum Gasteiger partial charge on any atom is -0.454 e. The summed E-state index contributed by atoms with van der Waals surface area (Å²) in [5.74, 6) is 0.808. The number of amides is 1. The molecule has 8 heteroatoms. The molecule has 1 aliphatic heterocycles. The summed E-state index contributed by atoms with van der Waals surface area (Å²) in [5.41, 5.74) is 3.13. The number of hydrogen-bond acceptors (Lipinski definition) is 6. The Morgan fingerprint density at radius 3 is 2.71 bits per heavy atom. The van der Waals surface area contributed by atoms with Gasteiger partial charge in [0.05, 0.1) is 17.6 Å². The van der Waals surface area contributed by atoms with Crippen molar-refractivity contribution in [1.82, 2.24) is 15.2 Å². The van der Waals surface area contributed by atoms with Crippen LogP contribution in [0.5, 0.6) is 11.5 Å². The molecule has 2 aromatic carbocycles. The van der Waals surface area contributed by atoms with E-state index in [9.17, 15) is 9.59 Å². The number of ether oxygens (including phenoxy) is 2. The Bertz CT molecular complexity index is 1150. The molecule has 0 bridgehead atoms. The first-order chi connectivity index (χ1) is 13.5. The lowest BCUT2D eigenvalue weighted by Crippen LogP contribution is -2.30. The van der Waals surface area contributed by atoms with Crippen LogP contribution in [0, 0.1) is 0 Å². The van der Waals surface area contributed by atoms with Gasteiger partial charge in [-0.15, -0.1) is 0 Å². The minimum absolute atomic E-state index is 0.145. The molecule has 1 aliphatic rings. The van der Waals surface area contributed by atoms with Gasteiger partial charge in [0.25, 0.3) is 11.5 Å². The van der Waals surface area contributed by atoms with E-state index in [2.05, 4.69) is 15.6 Å². The Hall–Kier alpha value is -3.68. The molecule has 0 radical (unpaired) electrons. The zero-order valence-corrected chi connectivity index (χ0v) is 15.4. The molecular formula is C20H18N4O4. The lowest BCUT2D eigenvalue weighted by atomic mass is 10.1. The highest BCUT2D eigenvalue weighted by Crippen LogP contribution is 2.31. The van der Waals surface area contributed by atoms with Gasteiger partial charge in [-0.25, -0.2) is 10.1 Å². The summed E-state index contributed by atoms with van der Waals surface area (Å²) in [4.78, 5) is 25.2. The van der Waals surface area contributed by atoms with E-state index in [1.54, 1.807) is 42.5 Å². The number of hydrogen-bond donors (Lipinski definition) is 1. The summed E-state index contributed by atoms with van der Waals surface area (Å²) in [6.07, 6.45) is 1.50. The summed E-state index contributed by atoms with van der Waals surface area (Å²) >= 11 is 0. The maximum atomic E-state index is 12.7. The number of hydrazone groups is 1. The molecule has 0 unspecified atom stereocenters. The molecular weight excluding hydrogens is 360 g/mol. The van der Waals surface area contributed by atoms with Crippen LogP contribution in [0.2, 0.25) is 0 Å². The first kappa shape index (κ1) is 17.7. The number of fused-ring (bicyclic) bond motifs is 2. The molecule has 3 aromatic rings. The number of carbonyl (C=O) groups is 1. The molecule has 0 aliphatic carbocycles. The second-order valence-electron chi connectivity index (χ2n) is 6.55. The van der Waals surface area contributed by atoms with Crippen LogP contribution >= 0.6 is 0 Å². The van der Waals surface area contributed by atoms with Gasteiger partial charge < -0.3 is 9.47 Å². The van der Waals surface area contributed by atoms with Crippen LogP contribution < -0.4 is 20.5 Å². The maximum absolute atomic E-state index is 12.7. The molecule has 1 aromatic heterocycles. The Kier molecular flexibility index (Phi) is 4.52. The molecule has 0 atom stereocenters. The first-order valence-corrected chi connectivity index (χ1v) is 8.79. The Morgan fingerprint density at radius 1 is 1.18 bits per heavy atom. The molecule has 0 spiro atoms. The van der Waals surface area contributed by atoms with Crippen molar-refractivity contribution in [2.24, 2.45) is 5.10 Å². The van der Waals surface area contributed by atoms with E-state index < -0.39 is 5.91 Å². The van der Waals surface area contributed by atoms with Crippen LogP contribution in [0.25, 0.3) is 10.8 Å². The van der Waals surface area contributed by atoms with Gasteiger partial charge in [0, 0.05) is 5.39 Å². The van der Waals surface area contributed by atoms with Gasteiger partial charge in [0.2, 0.25) is 6.79 Å². The summed E-state index contributed by atoms with van der Waals surface area (Å²) in [7, 11) is 0. The molecule has 0 saturated heterocycles. The van der Waals surface area contributed by atoms with Crippen LogP contribution in [-0.4, -0.2) is 28.7 Å². The van der Waals surface area contributed by atoms with E-state index in [1.807, 2.05) is 13.8 Å². The third-order valence-corrected chi connectivity index (χ3v) is 4.31. The molecule has 2 heterocycles. The average molecular weight is 378 g/mol. The topological polar surface area (TPSA) is 94.8 Å². The Labute approximate surface area is 160 Å². The highest BCUT2D eigenvalue weighted by atomic mass is 16.7. The van der Waals surface area contributed by atoms with Gasteiger partial charge in [-0.05, 0) is 43.7 Å². The maximum Gasteiger partial charge on any atom is 0.292 e. The van der Waals surface area contributed by atoms with Gasteiger partial charge in [0.1, 0.15) is 0 Å². The molecule has 142 valence electrons. The lowest BCUT2D eigenvalue weighted by molar-refractivity contribution is 0.0949. The fourth-order valence-electron chi connectivity index (χ4n) is 2.94. The quantitative estimate of drug-likeness (QED) is 0.556. The number of rotatable bonds is 4. The van der Waals surface area contributed by atoms with Crippen molar-refractivity contribution < 1.29 is 14.3 Å². The monoisotopic (exact) mass is 378 g/mol. The van der Waals surface area contributed by atoms with E-state index >= 15 is 0 Å².